The molecule has 1 aliphatic heterocycles. The van der Waals surface area contributed by atoms with Gasteiger partial charge >= 0.3 is 0 Å². The van der Waals surface area contributed by atoms with Crippen molar-refractivity contribution in [2.45, 2.75) is 59.3 Å². The van der Waals surface area contributed by atoms with Crippen LogP contribution in [0.4, 0.5) is 22.7 Å². The molecule has 0 aliphatic carbocycles. The van der Waals surface area contributed by atoms with Gasteiger partial charge in [-0.15, -0.1) is 48.1 Å². The minimum Gasteiger partial charge on any atom is -0.509 e. The minimum atomic E-state index is -2.73. The standard InChI is InChI=1S/C69H59N4OSi.Pt/c1-48-39-67(70-46-62(48)49-23-21-32-59(40-49)75(56-26-11-8-12-27-56,57-28-13-9-14-29-57)58-30-15-10-16-31-58)73-63-34-18-17-33-60(63)61-38-37-55(45-66(61)73)74-54-25-22-24-52(44-54)71-47-72(65-36-20-19-35-64(65)71)53-42-50(68(2,3)4)41-51(43-53)69(5,6)7;/h8-43,46-47H,1-7H3;/q-3;. The van der Waals surface area contributed by atoms with E-state index in [2.05, 4.69) is 282 Å². The summed E-state index contributed by atoms with van der Waals surface area (Å²) in [6, 6.07) is 86.3. The molecular weight excluding hydrogens is 1120 g/mol. The first-order valence-electron chi connectivity index (χ1n) is 25.9. The van der Waals surface area contributed by atoms with Crippen molar-refractivity contribution in [3.05, 3.63) is 260 Å². The Morgan fingerprint density at radius 1 is 0.500 bits per heavy atom. The predicted molar refractivity (Wildman–Crippen MR) is 315 cm³/mol. The molecule has 0 spiro atoms. The second-order valence-electron chi connectivity index (χ2n) is 21.8. The van der Waals surface area contributed by atoms with Crippen molar-refractivity contribution in [3.63, 3.8) is 0 Å². The molecule has 7 heteroatoms. The van der Waals surface area contributed by atoms with Gasteiger partial charge in [-0.3, -0.25) is 0 Å². The van der Waals surface area contributed by atoms with Crippen LogP contribution in [0.1, 0.15) is 58.2 Å². The second kappa shape index (κ2) is 20.1. The van der Waals surface area contributed by atoms with Gasteiger partial charge in [-0.1, -0.05) is 199 Å². The molecule has 0 saturated carbocycles. The van der Waals surface area contributed by atoms with Gasteiger partial charge in [0.1, 0.15) is 5.82 Å². The van der Waals surface area contributed by atoms with E-state index in [9.17, 15) is 0 Å². The van der Waals surface area contributed by atoms with Gasteiger partial charge in [0, 0.05) is 66.9 Å². The summed E-state index contributed by atoms with van der Waals surface area (Å²) in [6.07, 6.45) is 2.04. The molecule has 378 valence electrons. The van der Waals surface area contributed by atoms with Gasteiger partial charge < -0.3 is 19.1 Å². The third-order valence-corrected chi connectivity index (χ3v) is 19.7. The fourth-order valence-corrected chi connectivity index (χ4v) is 15.8. The van der Waals surface area contributed by atoms with Gasteiger partial charge in [0.25, 0.3) is 0 Å². The van der Waals surface area contributed by atoms with Gasteiger partial charge in [-0.2, -0.15) is 12.1 Å². The summed E-state index contributed by atoms with van der Waals surface area (Å²) in [7, 11) is -2.73. The van der Waals surface area contributed by atoms with Crippen LogP contribution in [-0.4, -0.2) is 17.6 Å². The second-order valence-corrected chi connectivity index (χ2v) is 25.6. The third-order valence-electron chi connectivity index (χ3n) is 14.9. The van der Waals surface area contributed by atoms with E-state index in [1.807, 2.05) is 24.4 Å². The Kier molecular flexibility index (Phi) is 13.3. The molecule has 11 aromatic rings. The number of fused-ring (bicyclic) bond motifs is 4. The number of aryl methyl sites for hydroxylation is 1. The van der Waals surface area contributed by atoms with Gasteiger partial charge in [0.2, 0.25) is 0 Å². The van der Waals surface area contributed by atoms with E-state index in [0.29, 0.717) is 11.5 Å². The number of aromatic nitrogens is 2. The van der Waals surface area contributed by atoms with Crippen molar-refractivity contribution in [2.75, 3.05) is 9.80 Å². The van der Waals surface area contributed by atoms with Crippen molar-refractivity contribution in [1.29, 1.82) is 0 Å². The van der Waals surface area contributed by atoms with Crippen LogP contribution in [0.3, 0.4) is 0 Å². The maximum absolute atomic E-state index is 6.72. The van der Waals surface area contributed by atoms with Gasteiger partial charge in [0.05, 0.1) is 0 Å². The molecule has 0 bridgehead atoms. The van der Waals surface area contributed by atoms with E-state index in [-0.39, 0.29) is 31.9 Å². The van der Waals surface area contributed by atoms with Crippen molar-refractivity contribution >= 4 is 73.4 Å². The summed E-state index contributed by atoms with van der Waals surface area (Å²) in [5, 5.41) is 7.55. The smallest absolute Gasteiger partial charge is 0.179 e. The van der Waals surface area contributed by atoms with Crippen LogP contribution in [0.5, 0.6) is 11.5 Å². The molecule has 0 N–H and O–H groups in total. The number of benzene rings is 9. The minimum absolute atomic E-state index is 0. The summed E-state index contributed by atoms with van der Waals surface area (Å²) in [5.74, 6) is 2.01. The Morgan fingerprint density at radius 2 is 1.05 bits per heavy atom. The van der Waals surface area contributed by atoms with Gasteiger partial charge in [0.15, 0.2) is 8.07 Å². The molecule has 0 radical (unpaired) electrons. The molecule has 12 rings (SSSR count). The number of pyridine rings is 1. The number of rotatable bonds is 10. The van der Waals surface area contributed by atoms with Crippen molar-refractivity contribution < 1.29 is 25.8 Å². The average molecular weight is 1180 g/mol. The SMILES string of the molecule is Cc1cc(-n2c3[c-]c(Oc4[c-]c(N5[CH-]N(c6cc(C(C)(C)C)cc(C(C)(C)C)c6)c6ccccc65)ccc4)ccc3c3ccccc32)ncc1-c1cccc([Si](c2ccccc2)(c2ccccc2)c2ccccc2)c1.[Pt]. The summed E-state index contributed by atoms with van der Waals surface area (Å²) < 4.78 is 8.93. The summed E-state index contributed by atoms with van der Waals surface area (Å²) in [5.41, 5.74) is 12.1. The predicted octanol–water partition coefficient (Wildman–Crippen LogP) is 14.9. The summed E-state index contributed by atoms with van der Waals surface area (Å²) in [6.45, 7) is 18.1. The average Bonchev–Trinajstić information content (AvgIpc) is 4.02. The van der Waals surface area contributed by atoms with E-state index in [0.717, 1.165) is 67.1 Å². The third kappa shape index (κ3) is 9.08. The number of ether oxygens (including phenoxy) is 1. The summed E-state index contributed by atoms with van der Waals surface area (Å²) in [4.78, 5) is 9.77. The van der Waals surface area contributed by atoms with E-state index >= 15 is 0 Å². The monoisotopic (exact) mass is 1180 g/mol. The van der Waals surface area contributed by atoms with Crippen LogP contribution < -0.4 is 35.3 Å². The molecule has 9 aromatic carbocycles. The number of anilines is 4. The van der Waals surface area contributed by atoms with Gasteiger partial charge in [-0.25, -0.2) is 4.98 Å². The number of hydrogen-bond donors (Lipinski definition) is 0. The quantitative estimate of drug-likeness (QED) is 0.0776. The molecule has 0 amide bonds. The number of para-hydroxylation sites is 3. The van der Waals surface area contributed by atoms with E-state index < -0.39 is 8.07 Å². The van der Waals surface area contributed by atoms with Crippen LogP contribution in [0.15, 0.2) is 225 Å². The number of nitrogens with zero attached hydrogens (tertiary/aromatic N) is 4. The van der Waals surface area contributed by atoms with E-state index in [4.69, 9.17) is 9.72 Å². The topological polar surface area (TPSA) is 33.5 Å². The van der Waals surface area contributed by atoms with Crippen molar-refractivity contribution in [3.8, 4) is 28.4 Å². The number of hydrogen-bond acceptors (Lipinski definition) is 4. The Bertz CT molecular complexity index is 3770. The zero-order valence-corrected chi connectivity index (χ0v) is 47.2. The first-order chi connectivity index (χ1) is 36.3. The van der Waals surface area contributed by atoms with Crippen LogP contribution in [0.25, 0.3) is 38.8 Å². The molecule has 5 nitrogen and oxygen atoms in total. The molecule has 1 aliphatic rings. The molecule has 0 saturated heterocycles. The van der Waals surface area contributed by atoms with Gasteiger partial charge in [-0.05, 0) is 103 Å². The first-order valence-corrected chi connectivity index (χ1v) is 27.9. The first kappa shape index (κ1) is 50.4. The molecule has 76 heavy (non-hydrogen) atoms. The van der Waals surface area contributed by atoms with Crippen molar-refractivity contribution in [1.82, 2.24) is 9.55 Å². The molecule has 0 atom stereocenters. The van der Waals surface area contributed by atoms with E-state index in [1.165, 1.54) is 31.9 Å². The Labute approximate surface area is 463 Å². The fraction of sp³-hybridized carbons (Fsp3) is 0.130. The van der Waals surface area contributed by atoms with Crippen LogP contribution >= 0.6 is 0 Å². The zero-order valence-electron chi connectivity index (χ0n) is 44.0. The molecule has 2 aromatic heterocycles. The van der Waals surface area contributed by atoms with Crippen LogP contribution in [-0.2, 0) is 31.9 Å². The summed E-state index contributed by atoms with van der Waals surface area (Å²) >= 11 is 0. The molecular formula is C69H59N4OPtSi-3. The fourth-order valence-electron chi connectivity index (χ4n) is 11.0. The Morgan fingerprint density at radius 3 is 1.67 bits per heavy atom. The van der Waals surface area contributed by atoms with E-state index in [1.54, 1.807) is 0 Å². The maximum Gasteiger partial charge on any atom is 0.179 e. The Hall–Kier alpha value is -7.76. The molecule has 0 unspecified atom stereocenters. The zero-order chi connectivity index (χ0) is 51.5. The van der Waals surface area contributed by atoms with Crippen LogP contribution in [0, 0.1) is 25.7 Å². The maximum atomic E-state index is 6.72. The van der Waals surface area contributed by atoms with Crippen LogP contribution in [0.2, 0.25) is 0 Å². The largest absolute Gasteiger partial charge is 0.509 e. The molecule has 3 heterocycles. The normalized spacial score (nSPS) is 12.7. The molecule has 0 fully saturated rings. The van der Waals surface area contributed by atoms with Crippen molar-refractivity contribution in [2.24, 2.45) is 0 Å². The Balaban J connectivity index is 0.00000616.